The SMILES string of the molecule is Cc1ccc(C(NC(=O)Cc2ccc3[nH]cc(CCC(=O)O)c3c2)c2ccccc2)c(N2CCCC2)c1. The number of aryl methyl sites for hydroxylation is 2. The van der Waals surface area contributed by atoms with Crippen molar-refractivity contribution in [3.05, 3.63) is 101 Å². The van der Waals surface area contributed by atoms with Gasteiger partial charge in [-0.05, 0) is 66.6 Å². The van der Waals surface area contributed by atoms with E-state index in [-0.39, 0.29) is 24.8 Å². The molecule has 6 heteroatoms. The van der Waals surface area contributed by atoms with Gasteiger partial charge >= 0.3 is 5.97 Å². The third-order valence-corrected chi connectivity index (χ3v) is 7.19. The van der Waals surface area contributed by atoms with Gasteiger partial charge in [0.25, 0.3) is 0 Å². The van der Waals surface area contributed by atoms with Crippen LogP contribution in [0.2, 0.25) is 0 Å². The van der Waals surface area contributed by atoms with Gasteiger partial charge in [0.15, 0.2) is 0 Å². The Morgan fingerprint density at radius 3 is 2.57 bits per heavy atom. The molecule has 1 aliphatic heterocycles. The van der Waals surface area contributed by atoms with Crippen molar-refractivity contribution < 1.29 is 14.7 Å². The summed E-state index contributed by atoms with van der Waals surface area (Å²) in [4.78, 5) is 30.1. The normalized spacial score (nSPS) is 14.1. The lowest BCUT2D eigenvalue weighted by Crippen LogP contribution is -2.32. The minimum absolute atomic E-state index is 0.0521. The molecule has 5 rings (SSSR count). The zero-order chi connectivity index (χ0) is 25.8. The number of nitrogens with zero attached hydrogens (tertiary/aromatic N) is 1. The Balaban J connectivity index is 1.42. The molecule has 0 radical (unpaired) electrons. The van der Waals surface area contributed by atoms with Crippen molar-refractivity contribution in [1.29, 1.82) is 0 Å². The van der Waals surface area contributed by atoms with Crippen LogP contribution in [0.3, 0.4) is 0 Å². The van der Waals surface area contributed by atoms with Gasteiger partial charge in [-0.2, -0.15) is 0 Å². The van der Waals surface area contributed by atoms with Gasteiger partial charge in [-0.15, -0.1) is 0 Å². The van der Waals surface area contributed by atoms with Crippen molar-refractivity contribution in [2.45, 2.75) is 45.1 Å². The van der Waals surface area contributed by atoms with E-state index in [1.54, 1.807) is 0 Å². The highest BCUT2D eigenvalue weighted by molar-refractivity contribution is 5.87. The van der Waals surface area contributed by atoms with Crippen LogP contribution in [-0.2, 0) is 22.4 Å². The first kappa shape index (κ1) is 24.6. The molecule has 0 aliphatic carbocycles. The van der Waals surface area contributed by atoms with Gasteiger partial charge < -0.3 is 20.3 Å². The number of amides is 1. The smallest absolute Gasteiger partial charge is 0.303 e. The van der Waals surface area contributed by atoms with Crippen LogP contribution in [0.25, 0.3) is 10.9 Å². The van der Waals surface area contributed by atoms with Gasteiger partial charge in [-0.25, -0.2) is 0 Å². The van der Waals surface area contributed by atoms with Crippen molar-refractivity contribution in [2.75, 3.05) is 18.0 Å². The molecule has 1 saturated heterocycles. The Morgan fingerprint density at radius 1 is 1.03 bits per heavy atom. The van der Waals surface area contributed by atoms with E-state index in [1.807, 2.05) is 42.6 Å². The summed E-state index contributed by atoms with van der Waals surface area (Å²) < 4.78 is 0. The van der Waals surface area contributed by atoms with Crippen molar-refractivity contribution in [1.82, 2.24) is 10.3 Å². The molecule has 0 saturated carbocycles. The average molecular weight is 496 g/mol. The van der Waals surface area contributed by atoms with Crippen LogP contribution in [0, 0.1) is 6.92 Å². The number of benzene rings is 3. The van der Waals surface area contributed by atoms with E-state index in [0.717, 1.165) is 46.2 Å². The van der Waals surface area contributed by atoms with E-state index in [4.69, 9.17) is 5.11 Å². The highest BCUT2D eigenvalue weighted by Crippen LogP contribution is 2.34. The summed E-state index contributed by atoms with van der Waals surface area (Å²) >= 11 is 0. The molecule has 1 fully saturated rings. The molecule has 1 unspecified atom stereocenters. The van der Waals surface area contributed by atoms with Gasteiger partial charge in [0.1, 0.15) is 0 Å². The summed E-state index contributed by atoms with van der Waals surface area (Å²) in [6, 6.07) is 22.3. The van der Waals surface area contributed by atoms with E-state index in [1.165, 1.54) is 24.1 Å². The van der Waals surface area contributed by atoms with Gasteiger partial charge in [-0.1, -0.05) is 48.5 Å². The molecule has 1 aliphatic rings. The highest BCUT2D eigenvalue weighted by Gasteiger charge is 2.24. The average Bonchev–Trinajstić information content (AvgIpc) is 3.57. The zero-order valence-electron chi connectivity index (χ0n) is 21.2. The Morgan fingerprint density at radius 2 is 1.81 bits per heavy atom. The second-order valence-electron chi connectivity index (χ2n) is 9.93. The van der Waals surface area contributed by atoms with Crippen molar-refractivity contribution >= 4 is 28.5 Å². The topological polar surface area (TPSA) is 85.4 Å². The quantitative estimate of drug-likeness (QED) is 0.285. The second-order valence-corrected chi connectivity index (χ2v) is 9.93. The molecule has 190 valence electrons. The number of nitrogens with one attached hydrogen (secondary N) is 2. The first-order valence-electron chi connectivity index (χ1n) is 13.0. The molecule has 3 N–H and O–H groups in total. The fourth-order valence-corrected chi connectivity index (χ4v) is 5.30. The molecule has 37 heavy (non-hydrogen) atoms. The molecule has 4 aromatic rings. The summed E-state index contributed by atoms with van der Waals surface area (Å²) in [6.07, 6.45) is 5.01. The van der Waals surface area contributed by atoms with Crippen LogP contribution < -0.4 is 10.2 Å². The number of rotatable bonds is 9. The number of aromatic amines is 1. The van der Waals surface area contributed by atoms with Crippen LogP contribution >= 0.6 is 0 Å². The number of carbonyl (C=O) groups excluding carboxylic acids is 1. The predicted octanol–water partition coefficient (Wildman–Crippen LogP) is 5.54. The lowest BCUT2D eigenvalue weighted by molar-refractivity contribution is -0.137. The lowest BCUT2D eigenvalue weighted by Gasteiger charge is -2.28. The van der Waals surface area contributed by atoms with Crippen molar-refractivity contribution in [2.24, 2.45) is 0 Å². The molecule has 2 heterocycles. The molecule has 3 aromatic carbocycles. The molecule has 1 atom stereocenters. The van der Waals surface area contributed by atoms with Crippen LogP contribution in [0.1, 0.15) is 53.1 Å². The van der Waals surface area contributed by atoms with E-state index in [0.29, 0.717) is 6.42 Å². The number of fused-ring (bicyclic) bond motifs is 1. The maximum absolute atomic E-state index is 13.4. The van der Waals surface area contributed by atoms with E-state index in [2.05, 4.69) is 52.5 Å². The summed E-state index contributed by atoms with van der Waals surface area (Å²) in [5.74, 6) is -0.870. The number of carboxylic acids is 1. The fraction of sp³-hybridized carbons (Fsp3) is 0.290. The Bertz CT molecular complexity index is 1400. The maximum atomic E-state index is 13.4. The van der Waals surface area contributed by atoms with Gasteiger partial charge in [0, 0.05) is 47.9 Å². The van der Waals surface area contributed by atoms with E-state index < -0.39 is 5.97 Å². The third-order valence-electron chi connectivity index (χ3n) is 7.19. The number of carboxylic acid groups (broad SMARTS) is 1. The monoisotopic (exact) mass is 495 g/mol. The number of aliphatic carboxylic acids is 1. The molecular formula is C31H33N3O3. The van der Waals surface area contributed by atoms with Crippen molar-refractivity contribution in [3.63, 3.8) is 0 Å². The Hall–Kier alpha value is -4.06. The predicted molar refractivity (Wildman–Crippen MR) is 147 cm³/mol. The third kappa shape index (κ3) is 5.69. The van der Waals surface area contributed by atoms with E-state index >= 15 is 0 Å². The molecular weight excluding hydrogens is 462 g/mol. The number of hydrogen-bond acceptors (Lipinski definition) is 3. The van der Waals surface area contributed by atoms with Crippen LogP contribution in [0.4, 0.5) is 5.69 Å². The van der Waals surface area contributed by atoms with Gasteiger partial charge in [0.2, 0.25) is 5.91 Å². The standard InChI is InChI=1S/C31H33N3O3/c1-21-9-12-25(28(17-21)34-15-5-6-16-34)31(23-7-3-2-4-8-23)33-29(35)19-22-10-13-27-26(18-22)24(20-32-27)11-14-30(36)37/h2-4,7-10,12-13,17-18,20,31-32H,5-6,11,14-16,19H2,1H3,(H,33,35)(H,36,37). The number of hydrogen-bond donors (Lipinski definition) is 3. The molecule has 1 amide bonds. The maximum Gasteiger partial charge on any atom is 0.303 e. The first-order chi connectivity index (χ1) is 18.0. The van der Waals surface area contributed by atoms with Crippen LogP contribution in [0.15, 0.2) is 72.9 Å². The van der Waals surface area contributed by atoms with E-state index in [9.17, 15) is 9.59 Å². The fourth-order valence-electron chi connectivity index (χ4n) is 5.30. The second kappa shape index (κ2) is 10.9. The highest BCUT2D eigenvalue weighted by atomic mass is 16.4. The Kier molecular flexibility index (Phi) is 7.26. The summed E-state index contributed by atoms with van der Waals surface area (Å²) in [6.45, 7) is 4.18. The lowest BCUT2D eigenvalue weighted by atomic mass is 9.95. The molecule has 0 bridgehead atoms. The molecule has 6 nitrogen and oxygen atoms in total. The largest absolute Gasteiger partial charge is 0.481 e. The number of aromatic nitrogens is 1. The number of carbonyl (C=O) groups is 2. The summed E-state index contributed by atoms with van der Waals surface area (Å²) in [7, 11) is 0. The summed E-state index contributed by atoms with van der Waals surface area (Å²) in [5, 5.41) is 13.4. The Labute approximate surface area is 217 Å². The number of H-pyrrole nitrogens is 1. The van der Waals surface area contributed by atoms with Gasteiger partial charge in [0.05, 0.1) is 12.5 Å². The molecule has 1 aromatic heterocycles. The van der Waals surface area contributed by atoms with Crippen LogP contribution in [0.5, 0.6) is 0 Å². The minimum atomic E-state index is -0.818. The zero-order valence-corrected chi connectivity index (χ0v) is 21.2. The first-order valence-corrected chi connectivity index (χ1v) is 13.0. The van der Waals surface area contributed by atoms with Crippen molar-refractivity contribution in [3.8, 4) is 0 Å². The van der Waals surface area contributed by atoms with Gasteiger partial charge in [-0.3, -0.25) is 9.59 Å². The summed E-state index contributed by atoms with van der Waals surface area (Å²) in [5.41, 5.74) is 7.38. The molecule has 0 spiro atoms. The number of anilines is 1. The van der Waals surface area contributed by atoms with Crippen LogP contribution in [-0.4, -0.2) is 35.1 Å². The minimum Gasteiger partial charge on any atom is -0.481 e.